The van der Waals surface area contributed by atoms with Gasteiger partial charge < -0.3 is 20.4 Å². The number of halogens is 4. The minimum atomic E-state index is -4.39. The van der Waals surface area contributed by atoms with Crippen LogP contribution in [0.1, 0.15) is 35.4 Å². The number of rotatable bonds is 5. The number of piperazine rings is 1. The molecule has 4 rings (SSSR count). The molecule has 2 aromatic rings. The molecule has 0 unspecified atom stereocenters. The summed E-state index contributed by atoms with van der Waals surface area (Å²) in [6.45, 7) is 4.23. The Balaban J connectivity index is 1.57. The molecular formula is C25H30F4N6S. The lowest BCUT2D eigenvalue weighted by atomic mass is 9.86. The molecule has 0 aliphatic carbocycles. The molecule has 0 atom stereocenters. The largest absolute Gasteiger partial charge is 0.416 e. The number of nitrogens with two attached hydrogens (primary N) is 1. The third-order valence-electron chi connectivity index (χ3n) is 6.86. The molecule has 2 aromatic carbocycles. The predicted molar refractivity (Wildman–Crippen MR) is 139 cm³/mol. The first-order chi connectivity index (χ1) is 17.1. The number of nitrogens with one attached hydrogen (secondary N) is 1. The standard InChI is InChI=1S/C25H30F4N6S/c1-33-10-12-35(13-11-33)22-15-23(21(26)14-18(22)16-31-32-24(30)36)34-8-6-17(7-9-34)19-4-2-3-5-20(19)25(27,28)29/h2-5,14-17H,6-13H2,1H3,(H3,30,32,36)/b31-16+. The van der Waals surface area contributed by atoms with Crippen LogP contribution in [0.5, 0.6) is 0 Å². The topological polar surface area (TPSA) is 60.1 Å². The summed E-state index contributed by atoms with van der Waals surface area (Å²) in [5.41, 5.74) is 9.57. The van der Waals surface area contributed by atoms with Crippen LogP contribution in [0.4, 0.5) is 28.9 Å². The lowest BCUT2D eigenvalue weighted by Gasteiger charge is -2.37. The molecule has 0 spiro atoms. The van der Waals surface area contributed by atoms with E-state index in [0.717, 1.165) is 37.9 Å². The Kier molecular flexibility index (Phi) is 7.99. The average molecular weight is 523 g/mol. The van der Waals surface area contributed by atoms with Gasteiger partial charge in [0.15, 0.2) is 5.11 Å². The van der Waals surface area contributed by atoms with Crippen LogP contribution in [0.15, 0.2) is 41.5 Å². The summed E-state index contributed by atoms with van der Waals surface area (Å²) in [5, 5.41) is 4.03. The van der Waals surface area contributed by atoms with Gasteiger partial charge in [0.25, 0.3) is 0 Å². The molecule has 2 fully saturated rings. The van der Waals surface area contributed by atoms with Crippen molar-refractivity contribution in [2.45, 2.75) is 24.9 Å². The van der Waals surface area contributed by atoms with Gasteiger partial charge >= 0.3 is 6.18 Å². The molecular weight excluding hydrogens is 492 g/mol. The summed E-state index contributed by atoms with van der Waals surface area (Å²) in [7, 11) is 2.06. The third-order valence-corrected chi connectivity index (χ3v) is 6.95. The Bertz CT molecular complexity index is 1110. The highest BCUT2D eigenvalue weighted by Crippen LogP contribution is 2.40. The molecule has 2 aliphatic rings. The fraction of sp³-hybridized carbons (Fsp3) is 0.440. The summed E-state index contributed by atoms with van der Waals surface area (Å²) < 4.78 is 55.9. The number of nitrogens with zero attached hydrogens (tertiary/aromatic N) is 4. The maximum absolute atomic E-state index is 15.3. The molecule has 2 saturated heterocycles. The lowest BCUT2D eigenvalue weighted by molar-refractivity contribution is -0.138. The van der Waals surface area contributed by atoms with E-state index < -0.39 is 17.6 Å². The zero-order valence-electron chi connectivity index (χ0n) is 20.1. The smallest absolute Gasteiger partial charge is 0.375 e. The highest BCUT2D eigenvalue weighted by Gasteiger charge is 2.36. The molecule has 0 amide bonds. The van der Waals surface area contributed by atoms with Crippen LogP contribution < -0.4 is 21.0 Å². The summed E-state index contributed by atoms with van der Waals surface area (Å²) in [6.07, 6.45) is -1.87. The normalized spacial score (nSPS) is 18.1. The van der Waals surface area contributed by atoms with Crippen LogP contribution in [-0.2, 0) is 6.18 Å². The van der Waals surface area contributed by atoms with Gasteiger partial charge in [0.2, 0.25) is 0 Å². The van der Waals surface area contributed by atoms with Gasteiger partial charge in [0, 0.05) is 50.5 Å². The van der Waals surface area contributed by atoms with Crippen LogP contribution in [0.3, 0.4) is 0 Å². The van der Waals surface area contributed by atoms with E-state index >= 15 is 4.39 Å². The van der Waals surface area contributed by atoms with Crippen LogP contribution in [0.25, 0.3) is 0 Å². The Morgan fingerprint density at radius 3 is 2.31 bits per heavy atom. The highest BCUT2D eigenvalue weighted by molar-refractivity contribution is 7.80. The summed E-state index contributed by atoms with van der Waals surface area (Å²) in [6, 6.07) is 9.02. The third kappa shape index (κ3) is 6.07. The van der Waals surface area contributed by atoms with E-state index in [-0.39, 0.29) is 11.0 Å². The molecule has 0 aromatic heterocycles. The van der Waals surface area contributed by atoms with Crippen molar-refractivity contribution in [1.29, 1.82) is 0 Å². The maximum Gasteiger partial charge on any atom is 0.416 e. The van der Waals surface area contributed by atoms with Gasteiger partial charge in [-0.05, 0) is 61.8 Å². The summed E-state index contributed by atoms with van der Waals surface area (Å²) >= 11 is 4.78. The van der Waals surface area contributed by atoms with E-state index in [4.69, 9.17) is 18.0 Å². The summed E-state index contributed by atoms with van der Waals surface area (Å²) in [5.74, 6) is -0.629. The van der Waals surface area contributed by atoms with E-state index in [1.54, 1.807) is 12.1 Å². The number of likely N-dealkylation sites (N-methyl/N-ethyl adjacent to an activating group) is 1. The maximum atomic E-state index is 15.3. The number of hydrazone groups is 1. The fourth-order valence-electron chi connectivity index (χ4n) is 4.94. The Morgan fingerprint density at radius 1 is 1.03 bits per heavy atom. The van der Waals surface area contributed by atoms with E-state index in [0.29, 0.717) is 42.7 Å². The van der Waals surface area contributed by atoms with Crippen molar-refractivity contribution in [1.82, 2.24) is 10.3 Å². The van der Waals surface area contributed by atoms with Crippen molar-refractivity contribution < 1.29 is 17.6 Å². The average Bonchev–Trinajstić information content (AvgIpc) is 2.84. The van der Waals surface area contributed by atoms with Crippen molar-refractivity contribution in [3.63, 3.8) is 0 Å². The lowest BCUT2D eigenvalue weighted by Crippen LogP contribution is -2.45. The number of anilines is 2. The molecule has 0 bridgehead atoms. The Morgan fingerprint density at radius 2 is 1.67 bits per heavy atom. The minimum absolute atomic E-state index is 0.0134. The Labute approximate surface area is 213 Å². The highest BCUT2D eigenvalue weighted by atomic mass is 32.1. The molecule has 0 radical (unpaired) electrons. The number of alkyl halides is 3. The zero-order valence-corrected chi connectivity index (χ0v) is 20.9. The monoisotopic (exact) mass is 522 g/mol. The van der Waals surface area contributed by atoms with E-state index in [1.165, 1.54) is 18.3 Å². The first-order valence-electron chi connectivity index (χ1n) is 11.9. The molecule has 194 valence electrons. The fourth-order valence-corrected chi connectivity index (χ4v) is 4.99. The SMILES string of the molecule is CN1CCN(c2cc(N3CCC(c4ccccc4C(F)(F)F)CC3)c(F)cc2/C=N/NC(N)=S)CC1. The van der Waals surface area contributed by atoms with Crippen LogP contribution in [0, 0.1) is 5.82 Å². The van der Waals surface area contributed by atoms with Gasteiger partial charge in [-0.2, -0.15) is 18.3 Å². The van der Waals surface area contributed by atoms with Crippen molar-refractivity contribution in [3.8, 4) is 0 Å². The molecule has 6 nitrogen and oxygen atoms in total. The number of thiocarbonyl (C=S) groups is 1. The quantitative estimate of drug-likeness (QED) is 0.266. The minimum Gasteiger partial charge on any atom is -0.375 e. The molecule has 3 N–H and O–H groups in total. The van der Waals surface area contributed by atoms with Gasteiger partial charge in [-0.3, -0.25) is 5.43 Å². The molecule has 11 heteroatoms. The van der Waals surface area contributed by atoms with E-state index in [2.05, 4.69) is 27.4 Å². The van der Waals surface area contributed by atoms with Crippen LogP contribution in [0.2, 0.25) is 0 Å². The van der Waals surface area contributed by atoms with Crippen molar-refractivity contribution in [2.75, 3.05) is 56.1 Å². The van der Waals surface area contributed by atoms with Crippen LogP contribution in [-0.4, -0.2) is 62.5 Å². The van der Waals surface area contributed by atoms with Crippen LogP contribution >= 0.6 is 12.2 Å². The van der Waals surface area contributed by atoms with Gasteiger partial charge in [-0.25, -0.2) is 4.39 Å². The molecule has 2 heterocycles. The number of benzene rings is 2. The van der Waals surface area contributed by atoms with E-state index in [9.17, 15) is 13.2 Å². The summed E-state index contributed by atoms with van der Waals surface area (Å²) in [4.78, 5) is 6.35. The van der Waals surface area contributed by atoms with Gasteiger partial charge in [0.1, 0.15) is 5.82 Å². The molecule has 36 heavy (non-hydrogen) atoms. The van der Waals surface area contributed by atoms with E-state index in [1.807, 2.05) is 11.0 Å². The molecule has 0 saturated carbocycles. The Hall–Kier alpha value is -2.92. The van der Waals surface area contributed by atoms with Gasteiger partial charge in [0.05, 0.1) is 17.5 Å². The number of hydrogen-bond acceptors (Lipinski definition) is 5. The molecule has 2 aliphatic heterocycles. The second-order valence-electron chi connectivity index (χ2n) is 9.23. The first-order valence-corrected chi connectivity index (χ1v) is 12.3. The van der Waals surface area contributed by atoms with Gasteiger partial charge in [-0.15, -0.1) is 0 Å². The predicted octanol–water partition coefficient (Wildman–Crippen LogP) is 4.15. The zero-order chi connectivity index (χ0) is 25.9. The second-order valence-corrected chi connectivity index (χ2v) is 9.67. The van der Waals surface area contributed by atoms with Crippen molar-refractivity contribution >= 4 is 34.9 Å². The second kappa shape index (κ2) is 11.0. The van der Waals surface area contributed by atoms with Crippen molar-refractivity contribution in [3.05, 3.63) is 58.9 Å². The van der Waals surface area contributed by atoms with Gasteiger partial charge in [-0.1, -0.05) is 18.2 Å². The number of hydrogen-bond donors (Lipinski definition) is 2. The first kappa shape index (κ1) is 26.2. The van der Waals surface area contributed by atoms with Crippen molar-refractivity contribution in [2.24, 2.45) is 10.8 Å². The number of piperidine rings is 1.